The second-order valence-corrected chi connectivity index (χ2v) is 6.94. The van der Waals surface area contributed by atoms with Crippen LogP contribution in [0.5, 0.6) is 0 Å². The van der Waals surface area contributed by atoms with Crippen LogP contribution in [0.1, 0.15) is 22.7 Å². The molecule has 3 rings (SSSR count). The van der Waals surface area contributed by atoms with E-state index in [1.807, 2.05) is 0 Å². The average Bonchev–Trinajstić information content (AvgIpc) is 2.73. The maximum Gasteiger partial charge on any atom is 0.416 e. The number of hydrogen-bond donors (Lipinski definition) is 3. The molecular formula is C22H18ClF3N2O2. The molecule has 30 heavy (non-hydrogen) atoms. The van der Waals surface area contributed by atoms with Gasteiger partial charge in [-0.15, -0.1) is 0 Å². The molecule has 1 atom stereocenters. The number of aliphatic hydroxyl groups is 1. The van der Waals surface area contributed by atoms with Crippen LogP contribution >= 0.6 is 11.6 Å². The molecule has 0 aliphatic rings. The average molecular weight is 435 g/mol. The van der Waals surface area contributed by atoms with Crippen molar-refractivity contribution in [2.45, 2.75) is 18.8 Å². The molecule has 4 nitrogen and oxygen atoms in total. The highest BCUT2D eigenvalue weighted by atomic mass is 35.5. The summed E-state index contributed by atoms with van der Waals surface area (Å²) >= 11 is 6.01. The summed E-state index contributed by atoms with van der Waals surface area (Å²) in [6.07, 6.45) is -4.56. The molecule has 1 unspecified atom stereocenters. The van der Waals surface area contributed by atoms with E-state index < -0.39 is 23.7 Å². The van der Waals surface area contributed by atoms with E-state index in [9.17, 15) is 23.1 Å². The molecule has 0 aliphatic carbocycles. The third-order valence-electron chi connectivity index (χ3n) is 4.37. The normalized spacial score (nSPS) is 12.3. The number of hydrogen-bond acceptors (Lipinski definition) is 3. The Morgan fingerprint density at radius 2 is 1.73 bits per heavy atom. The van der Waals surface area contributed by atoms with Crippen LogP contribution < -0.4 is 10.6 Å². The van der Waals surface area contributed by atoms with E-state index in [0.29, 0.717) is 16.8 Å². The van der Waals surface area contributed by atoms with E-state index in [0.717, 1.165) is 18.2 Å². The van der Waals surface area contributed by atoms with Gasteiger partial charge in [0.25, 0.3) is 5.91 Å². The maximum atomic E-state index is 13.0. The van der Waals surface area contributed by atoms with E-state index >= 15 is 0 Å². The molecule has 0 radical (unpaired) electrons. The number of nitrogens with one attached hydrogen (secondary N) is 2. The Balaban J connectivity index is 1.91. The monoisotopic (exact) mass is 434 g/mol. The van der Waals surface area contributed by atoms with Crippen LogP contribution in [0.15, 0.2) is 72.8 Å². The van der Waals surface area contributed by atoms with Crippen molar-refractivity contribution in [3.05, 3.63) is 94.5 Å². The van der Waals surface area contributed by atoms with Crippen LogP contribution in [0.4, 0.5) is 24.5 Å². The van der Waals surface area contributed by atoms with Gasteiger partial charge in [-0.1, -0.05) is 54.1 Å². The molecule has 0 fully saturated rings. The number of carbonyl (C=O) groups excluding carboxylic acids is 1. The van der Waals surface area contributed by atoms with Crippen molar-refractivity contribution in [2.24, 2.45) is 0 Å². The standard InChI is InChI=1S/C22H18ClF3N2O2/c23-18-10-9-16(22(24,25)26)12-19(18)28-21(30)20(15-6-2-1-3-7-15)27-17-8-4-5-14(11-17)13-29/h1-12,20,27,29H,13H2,(H,28,30). The van der Waals surface area contributed by atoms with Gasteiger partial charge in [0, 0.05) is 5.69 Å². The van der Waals surface area contributed by atoms with Crippen LogP contribution in [0.3, 0.4) is 0 Å². The summed E-state index contributed by atoms with van der Waals surface area (Å²) in [6, 6.07) is 17.4. The van der Waals surface area contributed by atoms with Gasteiger partial charge < -0.3 is 15.7 Å². The highest BCUT2D eigenvalue weighted by Gasteiger charge is 2.31. The van der Waals surface area contributed by atoms with Gasteiger partial charge in [0.1, 0.15) is 6.04 Å². The van der Waals surface area contributed by atoms with Gasteiger partial charge in [0.2, 0.25) is 0 Å². The zero-order valence-electron chi connectivity index (χ0n) is 15.6. The highest BCUT2D eigenvalue weighted by molar-refractivity contribution is 6.33. The zero-order valence-corrected chi connectivity index (χ0v) is 16.3. The summed E-state index contributed by atoms with van der Waals surface area (Å²) in [6.45, 7) is -0.169. The van der Waals surface area contributed by atoms with E-state index in [1.165, 1.54) is 0 Å². The molecule has 3 N–H and O–H groups in total. The van der Waals surface area contributed by atoms with Crippen molar-refractivity contribution in [3.63, 3.8) is 0 Å². The number of benzene rings is 3. The first-order valence-electron chi connectivity index (χ1n) is 8.97. The van der Waals surface area contributed by atoms with Crippen molar-refractivity contribution in [1.82, 2.24) is 0 Å². The Morgan fingerprint density at radius 3 is 2.40 bits per heavy atom. The lowest BCUT2D eigenvalue weighted by Gasteiger charge is -2.21. The van der Waals surface area contributed by atoms with Crippen molar-refractivity contribution in [1.29, 1.82) is 0 Å². The lowest BCUT2D eigenvalue weighted by molar-refractivity contribution is -0.137. The number of carbonyl (C=O) groups is 1. The molecule has 0 saturated carbocycles. The third-order valence-corrected chi connectivity index (χ3v) is 4.70. The summed E-state index contributed by atoms with van der Waals surface area (Å²) in [5.74, 6) is -0.586. The topological polar surface area (TPSA) is 61.4 Å². The first-order chi connectivity index (χ1) is 14.3. The van der Waals surface area contributed by atoms with Crippen molar-refractivity contribution in [3.8, 4) is 0 Å². The molecule has 156 valence electrons. The molecule has 0 bridgehead atoms. The van der Waals surface area contributed by atoms with Gasteiger partial charge in [0.15, 0.2) is 0 Å². The highest BCUT2D eigenvalue weighted by Crippen LogP contribution is 2.34. The number of aliphatic hydroxyl groups excluding tert-OH is 1. The number of anilines is 2. The van der Waals surface area contributed by atoms with Gasteiger partial charge in [0.05, 0.1) is 22.9 Å². The van der Waals surface area contributed by atoms with Gasteiger partial charge in [-0.3, -0.25) is 4.79 Å². The Morgan fingerprint density at radius 1 is 1.00 bits per heavy atom. The van der Waals surface area contributed by atoms with Crippen molar-refractivity contribution in [2.75, 3.05) is 10.6 Å². The van der Waals surface area contributed by atoms with E-state index in [1.54, 1.807) is 54.6 Å². The third kappa shape index (κ3) is 5.31. The number of amides is 1. The van der Waals surface area contributed by atoms with Crippen LogP contribution in [-0.2, 0) is 17.6 Å². The summed E-state index contributed by atoms with van der Waals surface area (Å²) in [7, 11) is 0. The second-order valence-electron chi connectivity index (χ2n) is 6.53. The maximum absolute atomic E-state index is 13.0. The fourth-order valence-electron chi connectivity index (χ4n) is 2.87. The van der Waals surface area contributed by atoms with Gasteiger partial charge >= 0.3 is 6.18 Å². The second kappa shape index (κ2) is 9.19. The summed E-state index contributed by atoms with van der Waals surface area (Å²) in [5, 5.41) is 14.9. The molecular weight excluding hydrogens is 417 g/mol. The quantitative estimate of drug-likeness (QED) is 0.470. The van der Waals surface area contributed by atoms with E-state index in [-0.39, 0.29) is 17.3 Å². The van der Waals surface area contributed by atoms with Crippen LogP contribution in [0.25, 0.3) is 0 Å². The van der Waals surface area contributed by atoms with Crippen LogP contribution in [-0.4, -0.2) is 11.0 Å². The summed E-state index contributed by atoms with van der Waals surface area (Å²) in [5.41, 5.74) is 0.770. The van der Waals surface area contributed by atoms with Crippen molar-refractivity contribution < 1.29 is 23.1 Å². The molecule has 0 aromatic heterocycles. The summed E-state index contributed by atoms with van der Waals surface area (Å²) < 4.78 is 39.1. The minimum Gasteiger partial charge on any atom is -0.392 e. The van der Waals surface area contributed by atoms with Crippen molar-refractivity contribution >= 4 is 28.9 Å². The predicted octanol–water partition coefficient (Wildman–Crippen LogP) is 5.64. The molecule has 8 heteroatoms. The number of halogens is 4. The zero-order chi connectivity index (χ0) is 21.7. The largest absolute Gasteiger partial charge is 0.416 e. The minimum absolute atomic E-state index is 0.00885. The van der Waals surface area contributed by atoms with E-state index in [4.69, 9.17) is 11.6 Å². The molecule has 0 spiro atoms. The Labute approximate surface area is 176 Å². The number of rotatable bonds is 6. The van der Waals surface area contributed by atoms with Gasteiger partial charge in [-0.2, -0.15) is 13.2 Å². The molecule has 1 amide bonds. The van der Waals surface area contributed by atoms with Crippen LogP contribution in [0.2, 0.25) is 5.02 Å². The Kier molecular flexibility index (Phi) is 6.64. The summed E-state index contributed by atoms with van der Waals surface area (Å²) in [4.78, 5) is 13.0. The van der Waals surface area contributed by atoms with E-state index in [2.05, 4.69) is 10.6 Å². The Bertz CT molecular complexity index is 1030. The fraction of sp³-hybridized carbons (Fsp3) is 0.136. The smallest absolute Gasteiger partial charge is 0.392 e. The molecule has 0 aliphatic heterocycles. The SMILES string of the molecule is O=C(Nc1cc(C(F)(F)F)ccc1Cl)C(Nc1cccc(CO)c1)c1ccccc1. The predicted molar refractivity (Wildman–Crippen MR) is 110 cm³/mol. The number of alkyl halides is 3. The van der Waals surface area contributed by atoms with Gasteiger partial charge in [-0.25, -0.2) is 0 Å². The minimum atomic E-state index is -4.56. The Hall–Kier alpha value is -3.03. The lowest BCUT2D eigenvalue weighted by atomic mass is 10.0. The van der Waals surface area contributed by atoms with Gasteiger partial charge in [-0.05, 0) is 41.5 Å². The first-order valence-corrected chi connectivity index (χ1v) is 9.34. The molecule has 0 heterocycles. The van der Waals surface area contributed by atoms with Crippen LogP contribution in [0, 0.1) is 0 Å². The molecule has 3 aromatic carbocycles. The molecule has 0 saturated heterocycles. The lowest BCUT2D eigenvalue weighted by Crippen LogP contribution is -2.27. The molecule has 3 aromatic rings. The first kappa shape index (κ1) is 21.7. The fourth-order valence-corrected chi connectivity index (χ4v) is 3.04.